The predicted molar refractivity (Wildman–Crippen MR) is 79.0 cm³/mol. The third kappa shape index (κ3) is 3.95. The van der Waals surface area contributed by atoms with Gasteiger partial charge in [0.05, 0.1) is 13.7 Å². The van der Waals surface area contributed by atoms with Gasteiger partial charge in [-0.15, -0.1) is 0 Å². The van der Waals surface area contributed by atoms with Gasteiger partial charge in [-0.25, -0.2) is 4.39 Å². The Morgan fingerprint density at radius 2 is 1.90 bits per heavy atom. The lowest BCUT2D eigenvalue weighted by atomic mass is 10.2. The molecule has 0 aliphatic carbocycles. The highest BCUT2D eigenvalue weighted by molar-refractivity contribution is 5.84. The number of hydrogen-bond donors (Lipinski definition) is 1. The van der Waals surface area contributed by atoms with Crippen molar-refractivity contribution in [1.29, 1.82) is 0 Å². The number of aromatic hydroxyl groups is 1. The normalized spacial score (nSPS) is 10.8. The van der Waals surface area contributed by atoms with Crippen molar-refractivity contribution < 1.29 is 19.0 Å². The molecule has 0 atom stereocenters. The van der Waals surface area contributed by atoms with E-state index in [1.165, 1.54) is 19.4 Å². The molecule has 0 aliphatic heterocycles. The number of phenolic OH excluding ortho intramolecular Hbond substituents is 1. The van der Waals surface area contributed by atoms with Gasteiger partial charge >= 0.3 is 0 Å². The Morgan fingerprint density at radius 3 is 2.67 bits per heavy atom. The van der Waals surface area contributed by atoms with Crippen molar-refractivity contribution in [2.45, 2.75) is 0 Å². The van der Waals surface area contributed by atoms with Crippen molar-refractivity contribution in [3.8, 4) is 17.2 Å². The van der Waals surface area contributed by atoms with Crippen LogP contribution < -0.4 is 9.47 Å². The van der Waals surface area contributed by atoms with Crippen LogP contribution in [0.15, 0.2) is 47.5 Å². The summed E-state index contributed by atoms with van der Waals surface area (Å²) in [5.41, 5.74) is 0.556. The van der Waals surface area contributed by atoms with Gasteiger partial charge in [0.25, 0.3) is 0 Å². The molecule has 0 aliphatic rings. The highest BCUT2D eigenvalue weighted by atomic mass is 19.1. The van der Waals surface area contributed by atoms with Crippen LogP contribution in [-0.4, -0.2) is 31.6 Å². The molecule has 21 heavy (non-hydrogen) atoms. The van der Waals surface area contributed by atoms with Gasteiger partial charge in [0, 0.05) is 11.8 Å². The number of nitrogens with zero attached hydrogens (tertiary/aromatic N) is 1. The summed E-state index contributed by atoms with van der Waals surface area (Å²) in [5.74, 6) is 0.240. The molecule has 0 unspecified atom stereocenters. The second kappa shape index (κ2) is 7.28. The van der Waals surface area contributed by atoms with Crippen molar-refractivity contribution in [1.82, 2.24) is 0 Å². The summed E-state index contributed by atoms with van der Waals surface area (Å²) in [6.45, 7) is 0.604. The first-order valence-electron chi connectivity index (χ1n) is 6.45. The fourth-order valence-corrected chi connectivity index (χ4v) is 1.74. The molecule has 110 valence electrons. The molecule has 0 aromatic heterocycles. The Balaban J connectivity index is 1.88. The van der Waals surface area contributed by atoms with Crippen LogP contribution in [0.5, 0.6) is 17.2 Å². The summed E-state index contributed by atoms with van der Waals surface area (Å²) in [4.78, 5) is 4.13. The predicted octanol–water partition coefficient (Wildman–Crippen LogP) is 3.04. The van der Waals surface area contributed by atoms with Gasteiger partial charge < -0.3 is 14.6 Å². The van der Waals surface area contributed by atoms with E-state index in [4.69, 9.17) is 9.47 Å². The maximum absolute atomic E-state index is 13.3. The molecule has 0 saturated carbocycles. The largest absolute Gasteiger partial charge is 0.504 e. The molecule has 0 radical (unpaired) electrons. The molecule has 5 heteroatoms. The van der Waals surface area contributed by atoms with E-state index in [9.17, 15) is 9.50 Å². The van der Waals surface area contributed by atoms with Crippen LogP contribution in [0, 0.1) is 5.82 Å². The van der Waals surface area contributed by atoms with Gasteiger partial charge in [0.2, 0.25) is 0 Å². The smallest absolute Gasteiger partial charge is 0.166 e. The summed E-state index contributed by atoms with van der Waals surface area (Å²) >= 11 is 0. The standard InChI is InChI=1S/C16H16FNO3/c1-20-15-8-4-5-12(16(15)19)11-18-9-10-21-14-7-3-2-6-13(14)17/h2-8,11,19H,9-10H2,1H3. The van der Waals surface area contributed by atoms with Gasteiger partial charge in [-0.1, -0.05) is 18.2 Å². The summed E-state index contributed by atoms with van der Waals surface area (Å²) < 4.78 is 23.6. The number of phenols is 1. The second-order valence-corrected chi connectivity index (χ2v) is 4.21. The fourth-order valence-electron chi connectivity index (χ4n) is 1.74. The number of benzene rings is 2. The fraction of sp³-hybridized carbons (Fsp3) is 0.188. The van der Waals surface area contributed by atoms with Crippen LogP contribution in [0.25, 0.3) is 0 Å². The minimum absolute atomic E-state index is 0.0405. The Kier molecular flexibility index (Phi) is 5.15. The lowest BCUT2D eigenvalue weighted by molar-refractivity contribution is 0.311. The molecule has 0 heterocycles. The molecular weight excluding hydrogens is 273 g/mol. The third-order valence-corrected chi connectivity index (χ3v) is 2.80. The van der Waals surface area contributed by atoms with Crippen molar-refractivity contribution in [2.24, 2.45) is 4.99 Å². The van der Waals surface area contributed by atoms with Gasteiger partial charge in [-0.2, -0.15) is 0 Å². The summed E-state index contributed by atoms with van der Waals surface area (Å²) in [6, 6.07) is 11.4. The summed E-state index contributed by atoms with van der Waals surface area (Å²) in [7, 11) is 1.48. The molecular formula is C16H16FNO3. The Labute approximate surface area is 122 Å². The van der Waals surface area contributed by atoms with Crippen LogP contribution in [-0.2, 0) is 0 Å². The molecule has 0 fully saturated rings. The van der Waals surface area contributed by atoms with Gasteiger partial charge in [0.15, 0.2) is 23.1 Å². The number of para-hydroxylation sites is 2. The molecule has 2 aromatic rings. The zero-order valence-electron chi connectivity index (χ0n) is 11.6. The van der Waals surface area contributed by atoms with Crippen LogP contribution in [0.1, 0.15) is 5.56 Å². The number of halogens is 1. The first-order chi connectivity index (χ1) is 10.2. The number of ether oxygens (including phenoxy) is 2. The van der Waals surface area contributed by atoms with E-state index in [0.717, 1.165) is 0 Å². The van der Waals surface area contributed by atoms with Crippen LogP contribution in [0.2, 0.25) is 0 Å². The Hall–Kier alpha value is -2.56. The average Bonchev–Trinajstić information content (AvgIpc) is 2.50. The van der Waals surface area contributed by atoms with Gasteiger partial charge in [-0.05, 0) is 24.3 Å². The van der Waals surface area contributed by atoms with E-state index in [-0.39, 0.29) is 18.1 Å². The highest BCUT2D eigenvalue weighted by Gasteiger charge is 2.04. The lowest BCUT2D eigenvalue weighted by Crippen LogP contribution is -2.02. The number of methoxy groups -OCH3 is 1. The van der Waals surface area contributed by atoms with Crippen molar-refractivity contribution >= 4 is 6.21 Å². The molecule has 1 N–H and O–H groups in total. The molecule has 0 spiro atoms. The maximum atomic E-state index is 13.3. The van der Waals surface area contributed by atoms with E-state index in [1.54, 1.807) is 36.4 Å². The monoisotopic (exact) mass is 289 g/mol. The molecule has 0 saturated heterocycles. The van der Waals surface area contributed by atoms with Crippen molar-refractivity contribution in [2.75, 3.05) is 20.3 Å². The maximum Gasteiger partial charge on any atom is 0.166 e. The highest BCUT2D eigenvalue weighted by Crippen LogP contribution is 2.27. The summed E-state index contributed by atoms with van der Waals surface area (Å²) in [5, 5.41) is 9.86. The quantitative estimate of drug-likeness (QED) is 0.657. The zero-order valence-corrected chi connectivity index (χ0v) is 11.6. The molecule has 2 aromatic carbocycles. The first-order valence-corrected chi connectivity index (χ1v) is 6.45. The zero-order chi connectivity index (χ0) is 15.1. The third-order valence-electron chi connectivity index (χ3n) is 2.80. The number of rotatable bonds is 6. The Bertz CT molecular complexity index is 629. The molecule has 0 bridgehead atoms. The van der Waals surface area contributed by atoms with E-state index in [0.29, 0.717) is 17.9 Å². The van der Waals surface area contributed by atoms with Gasteiger partial charge in [0.1, 0.15) is 6.61 Å². The van der Waals surface area contributed by atoms with Crippen molar-refractivity contribution in [3.63, 3.8) is 0 Å². The lowest BCUT2D eigenvalue weighted by Gasteiger charge is -2.06. The topological polar surface area (TPSA) is 51.0 Å². The number of hydrogen-bond acceptors (Lipinski definition) is 4. The van der Waals surface area contributed by atoms with E-state index >= 15 is 0 Å². The van der Waals surface area contributed by atoms with E-state index in [1.807, 2.05) is 0 Å². The number of aliphatic imine (C=N–C) groups is 1. The second-order valence-electron chi connectivity index (χ2n) is 4.21. The Morgan fingerprint density at radius 1 is 1.14 bits per heavy atom. The van der Waals surface area contributed by atoms with Crippen molar-refractivity contribution in [3.05, 3.63) is 53.8 Å². The average molecular weight is 289 g/mol. The van der Waals surface area contributed by atoms with Crippen LogP contribution in [0.4, 0.5) is 4.39 Å². The van der Waals surface area contributed by atoms with E-state index < -0.39 is 5.82 Å². The minimum atomic E-state index is -0.396. The first kappa shape index (κ1) is 14.8. The van der Waals surface area contributed by atoms with Crippen LogP contribution >= 0.6 is 0 Å². The molecule has 0 amide bonds. The van der Waals surface area contributed by atoms with E-state index in [2.05, 4.69) is 4.99 Å². The minimum Gasteiger partial charge on any atom is -0.504 e. The van der Waals surface area contributed by atoms with Gasteiger partial charge in [-0.3, -0.25) is 4.99 Å². The summed E-state index contributed by atoms with van der Waals surface area (Å²) in [6.07, 6.45) is 1.53. The van der Waals surface area contributed by atoms with Crippen LogP contribution in [0.3, 0.4) is 0 Å². The SMILES string of the molecule is COc1cccc(C=NCCOc2ccccc2F)c1O. The molecule has 2 rings (SSSR count). The molecule has 4 nitrogen and oxygen atoms in total.